The van der Waals surface area contributed by atoms with E-state index in [4.69, 9.17) is 9.16 Å². The summed E-state index contributed by atoms with van der Waals surface area (Å²) in [6.45, 7) is 30.0. The summed E-state index contributed by atoms with van der Waals surface area (Å²) in [5, 5.41) is 0.238. The molecule has 0 aromatic rings. The van der Waals surface area contributed by atoms with Crippen molar-refractivity contribution in [3.8, 4) is 0 Å². The van der Waals surface area contributed by atoms with Gasteiger partial charge in [0.1, 0.15) is 0 Å². The molecule has 0 saturated heterocycles. The molecule has 0 amide bonds. The van der Waals surface area contributed by atoms with Gasteiger partial charge in [-0.05, 0) is 127 Å². The van der Waals surface area contributed by atoms with Crippen molar-refractivity contribution in [2.75, 3.05) is 7.11 Å². The molecule has 0 spiro atoms. The monoisotopic (exact) mass is 584 g/mol. The number of hydrogen-bond donors (Lipinski definition) is 0. The molecule has 41 heavy (non-hydrogen) atoms. The Morgan fingerprint density at radius 3 is 2.17 bits per heavy atom. The summed E-state index contributed by atoms with van der Waals surface area (Å²) in [6, 6.07) is 0. The summed E-state index contributed by atoms with van der Waals surface area (Å²) < 4.78 is 12.8. The standard InChI is InChI=1S/C37H64O3Si/c1-24-16-21-37(31(38)39-11)23-22-35(9)26(30(37)25(24)2)14-15-28-34(8)19-18-29(40-41(12,13)32(3,4)5)33(6,7)27(34)17-20-36(28,35)10/h14,24-25,27-30H,15-23H2,1-13H3/t24-,25+,27+,28-,29+,30+,34+,35-,36-,37+/m1/s1. The third kappa shape index (κ3) is 4.21. The van der Waals surface area contributed by atoms with Crippen LogP contribution in [0, 0.1) is 56.7 Å². The highest BCUT2D eigenvalue weighted by Gasteiger charge is 2.70. The quantitative estimate of drug-likeness (QED) is 0.188. The summed E-state index contributed by atoms with van der Waals surface area (Å²) in [5.74, 6) is 2.92. The molecule has 4 fully saturated rings. The van der Waals surface area contributed by atoms with Gasteiger partial charge in [0, 0.05) is 0 Å². The molecule has 0 radical (unpaired) electrons. The van der Waals surface area contributed by atoms with Crippen LogP contribution >= 0.6 is 0 Å². The summed E-state index contributed by atoms with van der Waals surface area (Å²) in [6.07, 6.45) is 13.5. The van der Waals surface area contributed by atoms with Gasteiger partial charge in [0.25, 0.3) is 0 Å². The number of carbonyl (C=O) groups is 1. The molecule has 10 atom stereocenters. The molecule has 0 unspecified atom stereocenters. The van der Waals surface area contributed by atoms with E-state index in [9.17, 15) is 4.79 Å². The molecule has 3 nitrogen and oxygen atoms in total. The number of hydrogen-bond acceptors (Lipinski definition) is 3. The Kier molecular flexibility index (Phi) is 7.52. The van der Waals surface area contributed by atoms with Crippen LogP contribution in [-0.2, 0) is 14.0 Å². The first kappa shape index (κ1) is 31.8. The summed E-state index contributed by atoms with van der Waals surface area (Å²) >= 11 is 0. The topological polar surface area (TPSA) is 35.5 Å². The van der Waals surface area contributed by atoms with Crippen LogP contribution < -0.4 is 0 Å². The first-order valence-electron chi connectivity index (χ1n) is 17.2. The minimum Gasteiger partial charge on any atom is -0.469 e. The predicted molar refractivity (Wildman–Crippen MR) is 173 cm³/mol. The molecule has 4 saturated carbocycles. The fourth-order valence-corrected chi connectivity index (χ4v) is 13.3. The highest BCUT2D eigenvalue weighted by atomic mass is 28.4. The second-order valence-corrected chi connectivity index (χ2v) is 23.3. The number of methoxy groups -OCH3 is 1. The van der Waals surface area contributed by atoms with Gasteiger partial charge in [0.15, 0.2) is 8.32 Å². The van der Waals surface area contributed by atoms with E-state index in [1.807, 2.05) is 0 Å². The number of carbonyl (C=O) groups excluding carboxylic acids is 1. The molecule has 0 aliphatic heterocycles. The van der Waals surface area contributed by atoms with Gasteiger partial charge >= 0.3 is 5.97 Å². The Hall–Kier alpha value is -0.613. The van der Waals surface area contributed by atoms with Gasteiger partial charge < -0.3 is 9.16 Å². The maximum absolute atomic E-state index is 13.6. The predicted octanol–water partition coefficient (Wildman–Crippen LogP) is 10.2. The number of ether oxygens (including phenoxy) is 1. The molecule has 4 heteroatoms. The first-order valence-corrected chi connectivity index (χ1v) is 20.1. The molecular formula is C37H64O3Si. The molecular weight excluding hydrogens is 520 g/mol. The van der Waals surface area contributed by atoms with E-state index in [0.29, 0.717) is 41.1 Å². The summed E-state index contributed by atoms with van der Waals surface area (Å²) in [5.41, 5.74) is 2.22. The SMILES string of the molecule is COC(=O)[C@]12CC[C@@H](C)[C@H](C)[C@H]1C1=CC[C@@H]3[C@@]4(C)CC[C@H](O[Si](C)(C)C(C)(C)C)C(C)(C)[C@@H]4CC[C@@]3(C)[C@]1(C)CC2. The van der Waals surface area contributed by atoms with Crippen LogP contribution in [-0.4, -0.2) is 27.5 Å². The number of rotatable bonds is 3. The van der Waals surface area contributed by atoms with Gasteiger partial charge in [-0.3, -0.25) is 4.79 Å². The molecule has 0 N–H and O–H groups in total. The first-order chi connectivity index (χ1) is 18.7. The van der Waals surface area contributed by atoms with E-state index in [1.54, 1.807) is 12.7 Å². The highest BCUT2D eigenvalue weighted by molar-refractivity contribution is 6.74. The molecule has 5 aliphatic rings. The smallest absolute Gasteiger partial charge is 0.312 e. The molecule has 0 heterocycles. The maximum Gasteiger partial charge on any atom is 0.312 e. The molecule has 0 aromatic carbocycles. The Balaban J connectivity index is 1.52. The van der Waals surface area contributed by atoms with E-state index in [-0.39, 0.29) is 32.7 Å². The summed E-state index contributed by atoms with van der Waals surface area (Å²) in [4.78, 5) is 13.6. The zero-order chi connectivity index (χ0) is 30.6. The van der Waals surface area contributed by atoms with E-state index in [0.717, 1.165) is 25.7 Å². The van der Waals surface area contributed by atoms with Crippen LogP contribution in [0.5, 0.6) is 0 Å². The average molecular weight is 585 g/mol. The normalized spacial score (nSPS) is 47.7. The fourth-order valence-electron chi connectivity index (χ4n) is 11.8. The van der Waals surface area contributed by atoms with E-state index in [1.165, 1.54) is 32.1 Å². The maximum atomic E-state index is 13.6. The fraction of sp³-hybridized carbons (Fsp3) is 0.919. The van der Waals surface area contributed by atoms with Crippen molar-refractivity contribution >= 4 is 14.3 Å². The lowest BCUT2D eigenvalue weighted by Gasteiger charge is -2.71. The van der Waals surface area contributed by atoms with Crippen LogP contribution in [0.3, 0.4) is 0 Å². The average Bonchev–Trinajstić information content (AvgIpc) is 2.87. The second kappa shape index (κ2) is 9.69. The van der Waals surface area contributed by atoms with Gasteiger partial charge in [-0.2, -0.15) is 0 Å². The van der Waals surface area contributed by atoms with Crippen LogP contribution in [0.1, 0.15) is 127 Å². The Morgan fingerprint density at radius 1 is 0.902 bits per heavy atom. The van der Waals surface area contributed by atoms with Crippen LogP contribution in [0.15, 0.2) is 11.6 Å². The van der Waals surface area contributed by atoms with Gasteiger partial charge in [0.05, 0.1) is 18.6 Å². The van der Waals surface area contributed by atoms with Crippen molar-refractivity contribution in [2.45, 2.75) is 151 Å². The lowest BCUT2D eigenvalue weighted by atomic mass is 9.33. The Morgan fingerprint density at radius 2 is 1.56 bits per heavy atom. The molecule has 5 aliphatic carbocycles. The molecule has 5 rings (SSSR count). The summed E-state index contributed by atoms with van der Waals surface area (Å²) in [7, 11) is -0.225. The number of allylic oxidation sites excluding steroid dienone is 2. The van der Waals surface area contributed by atoms with Crippen LogP contribution in [0.4, 0.5) is 0 Å². The van der Waals surface area contributed by atoms with Crippen LogP contribution in [0.25, 0.3) is 0 Å². The minimum atomic E-state index is -1.84. The van der Waals surface area contributed by atoms with E-state index >= 15 is 0 Å². The van der Waals surface area contributed by atoms with Crippen molar-refractivity contribution in [1.29, 1.82) is 0 Å². The lowest BCUT2D eigenvalue weighted by Crippen LogP contribution is -2.66. The lowest BCUT2D eigenvalue weighted by molar-refractivity contribution is -0.205. The van der Waals surface area contributed by atoms with Gasteiger partial charge in [-0.1, -0.05) is 80.9 Å². The van der Waals surface area contributed by atoms with Gasteiger partial charge in [-0.15, -0.1) is 0 Å². The van der Waals surface area contributed by atoms with E-state index in [2.05, 4.69) is 88.4 Å². The Bertz CT molecular complexity index is 1080. The molecule has 0 bridgehead atoms. The third-order valence-corrected chi connectivity index (χ3v) is 20.2. The van der Waals surface area contributed by atoms with Crippen molar-refractivity contribution in [3.05, 3.63) is 11.6 Å². The zero-order valence-corrected chi connectivity index (χ0v) is 30.1. The largest absolute Gasteiger partial charge is 0.469 e. The third-order valence-electron chi connectivity index (χ3n) is 15.8. The highest BCUT2D eigenvalue weighted by Crippen LogP contribution is 2.76. The van der Waals surface area contributed by atoms with Crippen molar-refractivity contribution in [1.82, 2.24) is 0 Å². The van der Waals surface area contributed by atoms with Crippen molar-refractivity contribution in [3.63, 3.8) is 0 Å². The van der Waals surface area contributed by atoms with E-state index < -0.39 is 8.32 Å². The van der Waals surface area contributed by atoms with Crippen molar-refractivity contribution < 1.29 is 14.0 Å². The minimum absolute atomic E-state index is 0.0638. The van der Waals surface area contributed by atoms with Crippen molar-refractivity contribution in [2.24, 2.45) is 56.7 Å². The molecule has 234 valence electrons. The zero-order valence-electron chi connectivity index (χ0n) is 29.1. The van der Waals surface area contributed by atoms with Crippen LogP contribution in [0.2, 0.25) is 18.1 Å². The number of esters is 1. The number of fused-ring (bicyclic) bond motifs is 7. The van der Waals surface area contributed by atoms with Gasteiger partial charge in [0.2, 0.25) is 0 Å². The van der Waals surface area contributed by atoms with Gasteiger partial charge in [-0.25, -0.2) is 0 Å². The Labute approximate surface area is 254 Å². The molecule has 0 aromatic heterocycles. The second-order valence-electron chi connectivity index (χ2n) is 18.5.